The third-order valence-electron chi connectivity index (χ3n) is 4.63. The molecule has 2 fully saturated rings. The maximum atomic E-state index is 12.3. The Balaban J connectivity index is 2.04. The lowest BCUT2D eigenvalue weighted by Gasteiger charge is -2.40. The van der Waals surface area contributed by atoms with Crippen molar-refractivity contribution >= 4 is 15.5 Å². The number of fused-ring (bicyclic) bond motifs is 2. The van der Waals surface area contributed by atoms with Gasteiger partial charge in [0, 0.05) is 18.1 Å². The van der Waals surface area contributed by atoms with Crippen LogP contribution in [0.4, 0.5) is 5.69 Å². The van der Waals surface area contributed by atoms with E-state index >= 15 is 0 Å². The Morgan fingerprint density at radius 1 is 1.20 bits per heavy atom. The Bertz CT molecular complexity index is 586. The van der Waals surface area contributed by atoms with Crippen molar-refractivity contribution in [1.82, 2.24) is 0 Å². The number of sulfone groups is 1. The van der Waals surface area contributed by atoms with E-state index in [9.17, 15) is 8.42 Å². The molecule has 5 heteroatoms. The molecule has 2 aliphatic heterocycles. The van der Waals surface area contributed by atoms with Crippen LogP contribution in [0, 0.1) is 0 Å². The monoisotopic (exact) mass is 294 g/mol. The zero-order chi connectivity index (χ0) is 14.3. The van der Waals surface area contributed by atoms with Gasteiger partial charge in [-0.15, -0.1) is 0 Å². The van der Waals surface area contributed by atoms with Crippen molar-refractivity contribution in [2.24, 2.45) is 5.73 Å². The predicted octanol–water partition coefficient (Wildman–Crippen LogP) is 1.94. The lowest BCUT2D eigenvalue weighted by atomic mass is 9.97. The van der Waals surface area contributed by atoms with Crippen molar-refractivity contribution < 1.29 is 8.42 Å². The Labute approximate surface area is 120 Å². The van der Waals surface area contributed by atoms with E-state index in [1.54, 1.807) is 13.0 Å². The van der Waals surface area contributed by atoms with E-state index in [0.29, 0.717) is 17.0 Å². The van der Waals surface area contributed by atoms with Crippen molar-refractivity contribution in [2.75, 3.05) is 10.7 Å². The summed E-state index contributed by atoms with van der Waals surface area (Å²) in [6.07, 6.45) is 4.19. The highest BCUT2D eigenvalue weighted by atomic mass is 32.2. The number of para-hydroxylation sites is 1. The van der Waals surface area contributed by atoms with Gasteiger partial charge >= 0.3 is 0 Å². The molecule has 0 amide bonds. The second-order valence-corrected chi connectivity index (χ2v) is 8.14. The van der Waals surface area contributed by atoms with Crippen LogP contribution in [0.5, 0.6) is 0 Å². The SMILES string of the molecule is CCS(=O)(=O)c1ccccc1N1C2CCC1CC(N)C2. The van der Waals surface area contributed by atoms with Crippen LogP contribution in [0.25, 0.3) is 0 Å². The van der Waals surface area contributed by atoms with Gasteiger partial charge in [0.1, 0.15) is 0 Å². The number of benzene rings is 1. The summed E-state index contributed by atoms with van der Waals surface area (Å²) in [6, 6.07) is 8.49. The summed E-state index contributed by atoms with van der Waals surface area (Å²) in [5.74, 6) is 0.146. The van der Waals surface area contributed by atoms with Gasteiger partial charge < -0.3 is 10.6 Å². The van der Waals surface area contributed by atoms with Crippen LogP contribution in [0.15, 0.2) is 29.2 Å². The van der Waals surface area contributed by atoms with Crippen LogP contribution in [-0.4, -0.2) is 32.3 Å². The first-order chi connectivity index (χ1) is 9.53. The normalized spacial score (nSPS) is 29.7. The average Bonchev–Trinajstić information content (AvgIpc) is 2.71. The third-order valence-corrected chi connectivity index (χ3v) is 6.40. The molecule has 2 bridgehead atoms. The fourth-order valence-corrected chi connectivity index (χ4v) is 4.79. The van der Waals surface area contributed by atoms with Crippen molar-refractivity contribution in [2.45, 2.75) is 55.6 Å². The summed E-state index contributed by atoms with van der Waals surface area (Å²) < 4.78 is 24.6. The molecule has 2 N–H and O–H groups in total. The molecule has 0 spiro atoms. The first-order valence-corrected chi connectivity index (χ1v) is 9.04. The van der Waals surface area contributed by atoms with Crippen LogP contribution in [0.1, 0.15) is 32.6 Å². The second-order valence-electron chi connectivity index (χ2n) is 5.89. The Kier molecular flexibility index (Phi) is 3.50. The van der Waals surface area contributed by atoms with Gasteiger partial charge in [0.05, 0.1) is 16.3 Å². The number of piperidine rings is 1. The Morgan fingerprint density at radius 2 is 1.80 bits per heavy atom. The van der Waals surface area contributed by atoms with Gasteiger partial charge in [0.25, 0.3) is 0 Å². The minimum atomic E-state index is -3.18. The highest BCUT2D eigenvalue weighted by Crippen LogP contribution is 2.41. The molecule has 20 heavy (non-hydrogen) atoms. The zero-order valence-electron chi connectivity index (χ0n) is 11.8. The number of rotatable bonds is 3. The summed E-state index contributed by atoms with van der Waals surface area (Å²) >= 11 is 0. The molecule has 1 aromatic carbocycles. The lowest BCUT2D eigenvalue weighted by Crippen LogP contribution is -2.48. The first-order valence-electron chi connectivity index (χ1n) is 7.38. The van der Waals surface area contributed by atoms with Crippen LogP contribution < -0.4 is 10.6 Å². The minimum absolute atomic E-state index is 0.146. The number of anilines is 1. The molecule has 2 saturated heterocycles. The summed E-state index contributed by atoms with van der Waals surface area (Å²) in [5, 5.41) is 0. The zero-order valence-corrected chi connectivity index (χ0v) is 12.6. The van der Waals surface area contributed by atoms with E-state index in [0.717, 1.165) is 31.4 Å². The molecule has 110 valence electrons. The van der Waals surface area contributed by atoms with Gasteiger partial charge in [0.2, 0.25) is 0 Å². The summed E-state index contributed by atoms with van der Waals surface area (Å²) in [7, 11) is -3.18. The molecule has 0 radical (unpaired) electrons. The molecule has 2 aliphatic rings. The number of hydrogen-bond donors (Lipinski definition) is 1. The largest absolute Gasteiger partial charge is 0.364 e. The highest BCUT2D eigenvalue weighted by Gasteiger charge is 2.41. The summed E-state index contributed by atoms with van der Waals surface area (Å²) in [4.78, 5) is 2.81. The standard InChI is InChI=1S/C15H22N2O2S/c1-2-20(18,19)15-6-4-3-5-14(15)17-12-7-8-13(17)10-11(16)9-12/h3-6,11-13H,2,7-10,16H2,1H3. The fraction of sp³-hybridized carbons (Fsp3) is 0.600. The maximum Gasteiger partial charge on any atom is 0.180 e. The quantitative estimate of drug-likeness (QED) is 0.925. The smallest absolute Gasteiger partial charge is 0.180 e. The third kappa shape index (κ3) is 2.23. The summed E-state index contributed by atoms with van der Waals surface area (Å²) in [6.45, 7) is 1.70. The topological polar surface area (TPSA) is 63.4 Å². The number of hydrogen-bond acceptors (Lipinski definition) is 4. The molecule has 0 saturated carbocycles. The van der Waals surface area contributed by atoms with Crippen LogP contribution in [0.3, 0.4) is 0 Å². The molecular weight excluding hydrogens is 272 g/mol. The molecule has 0 aromatic heterocycles. The minimum Gasteiger partial charge on any atom is -0.364 e. The van der Waals surface area contributed by atoms with E-state index in [1.807, 2.05) is 18.2 Å². The summed E-state index contributed by atoms with van der Waals surface area (Å²) in [5.41, 5.74) is 6.98. The second kappa shape index (κ2) is 5.04. The molecule has 0 aliphatic carbocycles. The average molecular weight is 294 g/mol. The molecule has 3 rings (SSSR count). The Morgan fingerprint density at radius 3 is 2.40 bits per heavy atom. The van der Waals surface area contributed by atoms with Crippen LogP contribution >= 0.6 is 0 Å². The van der Waals surface area contributed by atoms with Crippen molar-refractivity contribution in [3.8, 4) is 0 Å². The lowest BCUT2D eigenvalue weighted by molar-refractivity contribution is 0.413. The van der Waals surface area contributed by atoms with E-state index in [4.69, 9.17) is 5.73 Å². The molecule has 4 nitrogen and oxygen atoms in total. The van der Waals surface area contributed by atoms with E-state index in [-0.39, 0.29) is 11.8 Å². The number of nitrogens with two attached hydrogens (primary N) is 1. The van der Waals surface area contributed by atoms with E-state index in [2.05, 4.69) is 4.90 Å². The molecule has 2 heterocycles. The van der Waals surface area contributed by atoms with Gasteiger partial charge in [-0.1, -0.05) is 19.1 Å². The predicted molar refractivity (Wildman–Crippen MR) is 80.7 cm³/mol. The molecular formula is C15H22N2O2S. The van der Waals surface area contributed by atoms with Gasteiger partial charge in [0.15, 0.2) is 9.84 Å². The van der Waals surface area contributed by atoms with E-state index in [1.165, 1.54) is 0 Å². The van der Waals surface area contributed by atoms with Gasteiger partial charge in [-0.3, -0.25) is 0 Å². The highest BCUT2D eigenvalue weighted by molar-refractivity contribution is 7.91. The molecule has 2 atom stereocenters. The van der Waals surface area contributed by atoms with Gasteiger partial charge in [-0.05, 0) is 37.8 Å². The fourth-order valence-electron chi connectivity index (χ4n) is 3.70. The Hall–Kier alpha value is -1.07. The first kappa shape index (κ1) is 13.9. The number of nitrogens with zero attached hydrogens (tertiary/aromatic N) is 1. The molecule has 1 aromatic rings. The molecule has 2 unspecified atom stereocenters. The van der Waals surface area contributed by atoms with Gasteiger partial charge in [-0.2, -0.15) is 0 Å². The maximum absolute atomic E-state index is 12.3. The van der Waals surface area contributed by atoms with Gasteiger partial charge in [-0.25, -0.2) is 8.42 Å². The van der Waals surface area contributed by atoms with Crippen molar-refractivity contribution in [3.05, 3.63) is 24.3 Å². The van der Waals surface area contributed by atoms with E-state index < -0.39 is 9.84 Å². The van der Waals surface area contributed by atoms with Crippen molar-refractivity contribution in [1.29, 1.82) is 0 Å². The van der Waals surface area contributed by atoms with Crippen LogP contribution in [0.2, 0.25) is 0 Å². The van der Waals surface area contributed by atoms with Crippen molar-refractivity contribution in [3.63, 3.8) is 0 Å². The van der Waals surface area contributed by atoms with Crippen LogP contribution in [-0.2, 0) is 9.84 Å².